The molecular weight excluding hydrogens is 292 g/mol. The molecule has 0 spiro atoms. The molecule has 1 N–H and O–H groups in total. The summed E-state index contributed by atoms with van der Waals surface area (Å²) in [5, 5.41) is 2.84. The van der Waals surface area contributed by atoms with Crippen molar-refractivity contribution in [3.63, 3.8) is 0 Å². The molecule has 1 fully saturated rings. The van der Waals surface area contributed by atoms with Crippen LogP contribution >= 0.6 is 0 Å². The van der Waals surface area contributed by atoms with Crippen LogP contribution in [0.25, 0.3) is 0 Å². The summed E-state index contributed by atoms with van der Waals surface area (Å²) in [6.45, 7) is 6.90. The number of nitrogens with zero attached hydrogens (tertiary/aromatic N) is 1. The Balaban J connectivity index is 1.81. The Morgan fingerprint density at radius 2 is 1.91 bits per heavy atom. The van der Waals surface area contributed by atoms with E-state index in [0.29, 0.717) is 31.9 Å². The maximum Gasteiger partial charge on any atom is 0.325 e. The lowest BCUT2D eigenvalue weighted by molar-refractivity contribution is -0.131. The monoisotopic (exact) mass is 318 g/mol. The molecule has 1 heterocycles. The van der Waals surface area contributed by atoms with Gasteiger partial charge in [-0.1, -0.05) is 32.0 Å². The summed E-state index contributed by atoms with van der Waals surface area (Å²) in [5.74, 6) is 1.18. The average Bonchev–Trinajstić information content (AvgIpc) is 2.74. The standard InChI is InChI=1S/C18H26N2O3/c1-14(2)10-11-18(3)16(21)20(17(22)19-18)12-7-13-23-15-8-5-4-6-9-15/h4-6,8-9,14H,7,10-13H2,1-3H3,(H,19,22). The Morgan fingerprint density at radius 3 is 2.57 bits per heavy atom. The van der Waals surface area contributed by atoms with Crippen LogP contribution in [0.3, 0.4) is 0 Å². The van der Waals surface area contributed by atoms with Gasteiger partial charge in [0.15, 0.2) is 0 Å². The molecule has 1 unspecified atom stereocenters. The summed E-state index contributed by atoms with van der Waals surface area (Å²) in [7, 11) is 0. The van der Waals surface area contributed by atoms with E-state index in [0.717, 1.165) is 12.2 Å². The van der Waals surface area contributed by atoms with Crippen LogP contribution in [0.1, 0.15) is 40.0 Å². The highest BCUT2D eigenvalue weighted by Crippen LogP contribution is 2.24. The predicted octanol–water partition coefficient (Wildman–Crippen LogP) is 3.20. The predicted molar refractivity (Wildman–Crippen MR) is 89.3 cm³/mol. The van der Waals surface area contributed by atoms with Crippen molar-refractivity contribution in [2.45, 2.75) is 45.6 Å². The van der Waals surface area contributed by atoms with E-state index in [-0.39, 0.29) is 11.9 Å². The van der Waals surface area contributed by atoms with Gasteiger partial charge in [-0.2, -0.15) is 0 Å². The highest BCUT2D eigenvalue weighted by atomic mass is 16.5. The van der Waals surface area contributed by atoms with Gasteiger partial charge in [-0.3, -0.25) is 9.69 Å². The number of imide groups is 1. The number of ether oxygens (including phenoxy) is 1. The number of amides is 3. The zero-order valence-electron chi connectivity index (χ0n) is 14.2. The fraction of sp³-hybridized carbons (Fsp3) is 0.556. The molecule has 1 aromatic rings. The molecule has 1 atom stereocenters. The molecule has 0 radical (unpaired) electrons. The lowest BCUT2D eigenvalue weighted by atomic mass is 9.92. The Labute approximate surface area is 138 Å². The van der Waals surface area contributed by atoms with E-state index in [1.165, 1.54) is 4.90 Å². The van der Waals surface area contributed by atoms with Crippen molar-refractivity contribution in [2.24, 2.45) is 5.92 Å². The second kappa shape index (κ2) is 7.49. The normalized spacial score (nSPS) is 21.0. The van der Waals surface area contributed by atoms with E-state index >= 15 is 0 Å². The third-order valence-electron chi connectivity index (χ3n) is 4.10. The van der Waals surface area contributed by atoms with E-state index in [2.05, 4.69) is 19.2 Å². The maximum atomic E-state index is 12.5. The molecule has 0 aliphatic carbocycles. The lowest BCUT2D eigenvalue weighted by Gasteiger charge is -2.22. The fourth-order valence-electron chi connectivity index (χ4n) is 2.63. The molecular formula is C18H26N2O3. The second-order valence-electron chi connectivity index (χ2n) is 6.67. The van der Waals surface area contributed by atoms with E-state index in [1.54, 1.807) is 0 Å². The van der Waals surface area contributed by atoms with Gasteiger partial charge in [-0.15, -0.1) is 0 Å². The van der Waals surface area contributed by atoms with Gasteiger partial charge < -0.3 is 10.1 Å². The molecule has 2 rings (SSSR count). The van der Waals surface area contributed by atoms with Crippen LogP contribution in [-0.2, 0) is 4.79 Å². The van der Waals surface area contributed by atoms with Crippen molar-refractivity contribution >= 4 is 11.9 Å². The SMILES string of the molecule is CC(C)CCC1(C)NC(=O)N(CCCOc2ccccc2)C1=O. The third kappa shape index (κ3) is 4.47. The smallest absolute Gasteiger partial charge is 0.325 e. The number of para-hydroxylation sites is 1. The zero-order chi connectivity index (χ0) is 16.9. The van der Waals surface area contributed by atoms with Crippen molar-refractivity contribution in [3.8, 4) is 5.75 Å². The molecule has 0 saturated carbocycles. The van der Waals surface area contributed by atoms with Gasteiger partial charge >= 0.3 is 6.03 Å². The topological polar surface area (TPSA) is 58.6 Å². The minimum absolute atomic E-state index is 0.122. The summed E-state index contributed by atoms with van der Waals surface area (Å²) in [6.07, 6.45) is 2.20. The number of nitrogens with one attached hydrogen (secondary N) is 1. The van der Waals surface area contributed by atoms with Crippen molar-refractivity contribution in [1.29, 1.82) is 0 Å². The Kier molecular flexibility index (Phi) is 5.64. The van der Waals surface area contributed by atoms with Crippen molar-refractivity contribution in [2.75, 3.05) is 13.2 Å². The Morgan fingerprint density at radius 1 is 1.22 bits per heavy atom. The summed E-state index contributed by atoms with van der Waals surface area (Å²) in [4.78, 5) is 25.9. The first-order valence-corrected chi connectivity index (χ1v) is 8.24. The van der Waals surface area contributed by atoms with Crippen LogP contribution in [0.2, 0.25) is 0 Å². The molecule has 5 heteroatoms. The lowest BCUT2D eigenvalue weighted by Crippen LogP contribution is -2.44. The maximum absolute atomic E-state index is 12.5. The van der Waals surface area contributed by atoms with Crippen LogP contribution in [0, 0.1) is 5.92 Å². The van der Waals surface area contributed by atoms with E-state index in [4.69, 9.17) is 4.74 Å². The highest BCUT2D eigenvalue weighted by Gasteiger charge is 2.46. The summed E-state index contributed by atoms with van der Waals surface area (Å²) >= 11 is 0. The van der Waals surface area contributed by atoms with Crippen LogP contribution in [0.15, 0.2) is 30.3 Å². The number of rotatable bonds is 8. The van der Waals surface area contributed by atoms with E-state index in [9.17, 15) is 9.59 Å². The molecule has 23 heavy (non-hydrogen) atoms. The quantitative estimate of drug-likeness (QED) is 0.591. The van der Waals surface area contributed by atoms with Gasteiger partial charge in [0.05, 0.1) is 6.61 Å². The van der Waals surface area contributed by atoms with E-state index in [1.807, 2.05) is 37.3 Å². The van der Waals surface area contributed by atoms with Gasteiger partial charge in [0.2, 0.25) is 0 Å². The molecule has 3 amide bonds. The first-order valence-electron chi connectivity index (χ1n) is 8.24. The molecule has 5 nitrogen and oxygen atoms in total. The first kappa shape index (κ1) is 17.3. The number of hydrogen-bond acceptors (Lipinski definition) is 3. The van der Waals surface area contributed by atoms with E-state index < -0.39 is 5.54 Å². The van der Waals surface area contributed by atoms with Crippen LogP contribution < -0.4 is 10.1 Å². The minimum atomic E-state index is -0.762. The molecule has 1 aliphatic heterocycles. The summed E-state index contributed by atoms with van der Waals surface area (Å²) in [5.41, 5.74) is -0.762. The average molecular weight is 318 g/mol. The second-order valence-corrected chi connectivity index (χ2v) is 6.67. The molecule has 1 aliphatic rings. The zero-order valence-corrected chi connectivity index (χ0v) is 14.2. The molecule has 1 aromatic carbocycles. The molecule has 0 bridgehead atoms. The van der Waals surface area contributed by atoms with Crippen molar-refractivity contribution in [1.82, 2.24) is 10.2 Å². The summed E-state index contributed by atoms with van der Waals surface area (Å²) < 4.78 is 5.60. The number of carbonyl (C=O) groups excluding carboxylic acids is 2. The third-order valence-corrected chi connectivity index (χ3v) is 4.10. The van der Waals surface area contributed by atoms with Gasteiger partial charge in [0.1, 0.15) is 11.3 Å². The van der Waals surface area contributed by atoms with Gasteiger partial charge in [0.25, 0.3) is 5.91 Å². The number of urea groups is 1. The fourth-order valence-corrected chi connectivity index (χ4v) is 2.63. The molecule has 126 valence electrons. The molecule has 1 saturated heterocycles. The van der Waals surface area contributed by atoms with Crippen LogP contribution in [0.5, 0.6) is 5.75 Å². The number of benzene rings is 1. The number of carbonyl (C=O) groups is 2. The van der Waals surface area contributed by atoms with Crippen LogP contribution in [-0.4, -0.2) is 35.5 Å². The van der Waals surface area contributed by atoms with Gasteiger partial charge in [-0.25, -0.2) is 4.79 Å². The Bertz CT molecular complexity index is 544. The van der Waals surface area contributed by atoms with Crippen molar-refractivity contribution in [3.05, 3.63) is 30.3 Å². The minimum Gasteiger partial charge on any atom is -0.494 e. The highest BCUT2D eigenvalue weighted by molar-refractivity contribution is 6.06. The Hall–Kier alpha value is -2.04. The van der Waals surface area contributed by atoms with Crippen LogP contribution in [0.4, 0.5) is 4.79 Å². The van der Waals surface area contributed by atoms with Gasteiger partial charge in [-0.05, 0) is 44.2 Å². The van der Waals surface area contributed by atoms with Crippen molar-refractivity contribution < 1.29 is 14.3 Å². The molecule has 0 aromatic heterocycles. The number of hydrogen-bond donors (Lipinski definition) is 1. The first-order chi connectivity index (χ1) is 10.9. The largest absolute Gasteiger partial charge is 0.494 e. The summed E-state index contributed by atoms with van der Waals surface area (Å²) in [6, 6.07) is 9.23. The van der Waals surface area contributed by atoms with Gasteiger partial charge in [0, 0.05) is 6.54 Å².